The second-order valence-electron chi connectivity index (χ2n) is 3.50. The molecule has 2 heteroatoms. The second-order valence-corrected chi connectivity index (χ2v) is 4.81. The molecule has 1 aliphatic rings. The highest BCUT2D eigenvalue weighted by atomic mass is 31.1. The molecule has 1 heterocycles. The Labute approximate surface area is 69.5 Å². The molecule has 1 aliphatic heterocycles. The second kappa shape index (κ2) is 7.60. The van der Waals surface area contributed by atoms with Gasteiger partial charge in [-0.25, -0.2) is 0 Å². The molecule has 0 aliphatic carbocycles. The van der Waals surface area contributed by atoms with E-state index >= 15 is 0 Å². The fourth-order valence-electron chi connectivity index (χ4n) is 0.433. The topological polar surface area (TPSA) is 0 Å². The van der Waals surface area contributed by atoms with Crippen LogP contribution in [0.3, 0.4) is 0 Å². The minimum Gasteiger partial charge on any atom is -0.122 e. The van der Waals surface area contributed by atoms with Crippen LogP contribution >= 0.6 is 8.58 Å². The average Bonchev–Trinajstić information content (AvgIpc) is 1.59. The Balaban J connectivity index is 0. The molecule has 0 spiro atoms. The largest absolute Gasteiger partial charge is 0.122 e. The van der Waals surface area contributed by atoms with Crippen molar-refractivity contribution in [3.63, 3.8) is 0 Å². The molecule has 0 atom stereocenters. The summed E-state index contributed by atoms with van der Waals surface area (Å²) < 4.78 is 0. The van der Waals surface area contributed by atoms with E-state index in [9.17, 15) is 0 Å². The zero-order chi connectivity index (χ0) is 7.28. The van der Waals surface area contributed by atoms with Crippen LogP contribution in [0.4, 0.5) is 0 Å². The van der Waals surface area contributed by atoms with Gasteiger partial charge in [0.15, 0.2) is 0 Å². The van der Waals surface area contributed by atoms with E-state index in [-0.39, 0.29) is 8.41 Å². The van der Waals surface area contributed by atoms with E-state index in [4.69, 9.17) is 0 Å². The maximum absolute atomic E-state index is 2.32. The van der Waals surface area contributed by atoms with E-state index in [1.54, 1.807) is 0 Å². The van der Waals surface area contributed by atoms with Crippen molar-refractivity contribution in [1.82, 2.24) is 0 Å². The van der Waals surface area contributed by atoms with Gasteiger partial charge < -0.3 is 0 Å². The first-order valence-electron chi connectivity index (χ1n) is 3.83. The molecule has 1 saturated heterocycles. The number of hydrogen-bond donors (Lipinski definition) is 0. The van der Waals surface area contributed by atoms with Gasteiger partial charge in [-0.05, 0) is 24.2 Å². The zero-order valence-corrected chi connectivity index (χ0v) is 8.78. The van der Waals surface area contributed by atoms with Crippen molar-refractivity contribution in [2.24, 2.45) is 11.8 Å². The lowest BCUT2D eigenvalue weighted by Gasteiger charge is -2.19. The molecule has 2 radical (unpaired) electrons. The first-order chi connectivity index (χ1) is 4.13. The van der Waals surface area contributed by atoms with Gasteiger partial charge in [0, 0.05) is 8.41 Å². The molecule has 0 bridgehead atoms. The van der Waals surface area contributed by atoms with E-state index in [2.05, 4.69) is 27.7 Å². The maximum Gasteiger partial charge on any atom is 0.0379 e. The lowest BCUT2D eigenvalue weighted by molar-refractivity contribution is 0.713. The summed E-state index contributed by atoms with van der Waals surface area (Å²) in [6.07, 6.45) is 3.03. The van der Waals surface area contributed by atoms with E-state index < -0.39 is 0 Å². The molecular weight excluding hydrogens is 138 g/mol. The summed E-state index contributed by atoms with van der Waals surface area (Å²) in [6.45, 7) is 8.82. The van der Waals surface area contributed by atoms with Crippen LogP contribution in [-0.4, -0.2) is 20.7 Å². The minimum absolute atomic E-state index is 0. The molecule has 0 unspecified atom stereocenters. The lowest BCUT2D eigenvalue weighted by Crippen LogP contribution is -2.09. The Morgan fingerprint density at radius 1 is 1.20 bits per heavy atom. The molecule has 0 aromatic rings. The van der Waals surface area contributed by atoms with Crippen LogP contribution in [-0.2, 0) is 0 Å². The van der Waals surface area contributed by atoms with Gasteiger partial charge in [-0.15, -0.1) is 8.58 Å². The van der Waals surface area contributed by atoms with Crippen molar-refractivity contribution in [2.75, 3.05) is 12.3 Å². The first-order valence-corrected chi connectivity index (χ1v) is 5.25. The van der Waals surface area contributed by atoms with E-state index in [1.165, 1.54) is 20.9 Å². The van der Waals surface area contributed by atoms with Crippen molar-refractivity contribution in [3.05, 3.63) is 0 Å². The first kappa shape index (κ1) is 13.1. The molecule has 1 fully saturated rings. The average molecular weight is 158 g/mol. The van der Waals surface area contributed by atoms with Crippen molar-refractivity contribution < 1.29 is 0 Å². The highest BCUT2D eigenvalue weighted by molar-refractivity contribution is 7.39. The Morgan fingerprint density at radius 3 is 1.40 bits per heavy atom. The maximum atomic E-state index is 2.32. The van der Waals surface area contributed by atoms with Crippen LogP contribution in [0.25, 0.3) is 0 Å². The molecular formula is C8H20BP. The molecule has 0 nitrogen and oxygen atoms in total. The summed E-state index contributed by atoms with van der Waals surface area (Å²) in [4.78, 5) is 0. The minimum atomic E-state index is 0. The molecule has 0 amide bonds. The Bertz CT molecular complexity index is 57.5. The molecule has 10 heavy (non-hydrogen) atoms. The van der Waals surface area contributed by atoms with Gasteiger partial charge in [0.2, 0.25) is 0 Å². The number of hydrogen-bond acceptors (Lipinski definition) is 0. The van der Waals surface area contributed by atoms with Gasteiger partial charge in [0.05, 0.1) is 0 Å². The van der Waals surface area contributed by atoms with Crippen LogP contribution in [0, 0.1) is 11.8 Å². The van der Waals surface area contributed by atoms with E-state index in [0.717, 1.165) is 11.8 Å². The third-order valence-electron chi connectivity index (χ3n) is 0.986. The van der Waals surface area contributed by atoms with E-state index in [0.29, 0.717) is 0 Å². The predicted octanol–water partition coefficient (Wildman–Crippen LogP) is 2.33. The Kier molecular flexibility index (Phi) is 9.96. The molecule has 60 valence electrons. The number of rotatable bonds is 0. The monoisotopic (exact) mass is 158 g/mol. The molecule has 0 saturated carbocycles. The van der Waals surface area contributed by atoms with Crippen molar-refractivity contribution in [3.8, 4) is 0 Å². The van der Waals surface area contributed by atoms with Crippen LogP contribution in [0.2, 0.25) is 0 Å². The normalized spacial score (nSPS) is 24.3. The van der Waals surface area contributed by atoms with Gasteiger partial charge >= 0.3 is 0 Å². The standard InChI is InChI=1S/C4H9P.C4H10.BH/c1-4-2-5-3-4;1-4(2)3;/h4-5H,2-3H2,1H3;4H,1-3H3;1H. The highest BCUT2D eigenvalue weighted by Gasteiger charge is 2.09. The molecule has 0 aromatic carbocycles. The lowest BCUT2D eigenvalue weighted by atomic mass is 10.2. The third kappa shape index (κ3) is 11.3. The Hall–Kier alpha value is 0.495. The molecule has 0 N–H and O–H groups in total. The summed E-state index contributed by atoms with van der Waals surface area (Å²) in [5.41, 5.74) is 0. The van der Waals surface area contributed by atoms with Crippen molar-refractivity contribution in [2.45, 2.75) is 27.7 Å². The van der Waals surface area contributed by atoms with Gasteiger partial charge in [0.1, 0.15) is 0 Å². The molecule has 1 rings (SSSR count). The summed E-state index contributed by atoms with van der Waals surface area (Å²) in [5, 5.41) is 0. The summed E-state index contributed by atoms with van der Waals surface area (Å²) in [6, 6.07) is 0. The SMILES string of the molecule is CC(C)C.CC1CPC1.[BH]. The van der Waals surface area contributed by atoms with Gasteiger partial charge in [-0.1, -0.05) is 27.7 Å². The summed E-state index contributed by atoms with van der Waals surface area (Å²) >= 11 is 0. The summed E-state index contributed by atoms with van der Waals surface area (Å²) in [7, 11) is 1.30. The van der Waals surface area contributed by atoms with Gasteiger partial charge in [-0.2, -0.15) is 0 Å². The zero-order valence-electron chi connectivity index (χ0n) is 7.78. The van der Waals surface area contributed by atoms with Gasteiger partial charge in [0.25, 0.3) is 0 Å². The Morgan fingerprint density at radius 2 is 1.40 bits per heavy atom. The predicted molar refractivity (Wildman–Crippen MR) is 54.9 cm³/mol. The van der Waals surface area contributed by atoms with Gasteiger partial charge in [-0.3, -0.25) is 0 Å². The van der Waals surface area contributed by atoms with Crippen molar-refractivity contribution >= 4 is 17.0 Å². The van der Waals surface area contributed by atoms with Crippen molar-refractivity contribution in [1.29, 1.82) is 0 Å². The fraction of sp³-hybridized carbons (Fsp3) is 1.00. The third-order valence-corrected chi connectivity index (χ3v) is 2.96. The quantitative estimate of drug-likeness (QED) is 0.375. The van der Waals surface area contributed by atoms with Crippen LogP contribution in [0.5, 0.6) is 0 Å². The van der Waals surface area contributed by atoms with Crippen LogP contribution in [0.15, 0.2) is 0 Å². The smallest absolute Gasteiger partial charge is 0.0379 e. The highest BCUT2D eigenvalue weighted by Crippen LogP contribution is 2.29. The molecule has 0 aromatic heterocycles. The van der Waals surface area contributed by atoms with E-state index in [1.807, 2.05) is 0 Å². The summed E-state index contributed by atoms with van der Waals surface area (Å²) in [5.74, 6) is 1.91. The van der Waals surface area contributed by atoms with Crippen LogP contribution in [0.1, 0.15) is 27.7 Å². The van der Waals surface area contributed by atoms with Crippen LogP contribution < -0.4 is 0 Å². The fourth-order valence-corrected chi connectivity index (χ4v) is 1.30.